The predicted molar refractivity (Wildman–Crippen MR) is 123 cm³/mol. The van der Waals surface area contributed by atoms with Gasteiger partial charge in [-0.1, -0.05) is 6.07 Å². The van der Waals surface area contributed by atoms with Gasteiger partial charge in [0.25, 0.3) is 11.6 Å². The van der Waals surface area contributed by atoms with Crippen LogP contribution < -0.4 is 0 Å². The van der Waals surface area contributed by atoms with Gasteiger partial charge in [0, 0.05) is 57.0 Å². The number of pyridine rings is 1. The number of carbonyl (C=O) groups excluding carboxylic acids is 1. The van der Waals surface area contributed by atoms with Crippen molar-refractivity contribution in [3.05, 3.63) is 57.4 Å². The molecular formula is C22H24N6O5S. The van der Waals surface area contributed by atoms with E-state index in [1.54, 1.807) is 9.58 Å². The monoisotopic (exact) mass is 484 g/mol. The molecule has 1 amide bonds. The van der Waals surface area contributed by atoms with Crippen LogP contribution in [0.15, 0.2) is 35.2 Å². The van der Waals surface area contributed by atoms with E-state index >= 15 is 0 Å². The maximum Gasteiger partial charge on any atom is 0.270 e. The van der Waals surface area contributed by atoms with Gasteiger partial charge in [-0.2, -0.15) is 9.40 Å². The smallest absolute Gasteiger partial charge is 0.270 e. The van der Waals surface area contributed by atoms with Gasteiger partial charge in [0.2, 0.25) is 10.0 Å². The van der Waals surface area contributed by atoms with E-state index in [0.717, 1.165) is 35.7 Å². The number of nitrogens with zero attached hydrogens (tertiary/aromatic N) is 6. The van der Waals surface area contributed by atoms with E-state index in [4.69, 9.17) is 4.98 Å². The molecule has 0 atom stereocenters. The van der Waals surface area contributed by atoms with Gasteiger partial charge in [0.15, 0.2) is 5.65 Å². The summed E-state index contributed by atoms with van der Waals surface area (Å²) in [6, 6.07) is 6.88. The molecule has 3 aromatic rings. The van der Waals surface area contributed by atoms with Gasteiger partial charge in [0.05, 0.1) is 26.5 Å². The van der Waals surface area contributed by atoms with Gasteiger partial charge < -0.3 is 4.90 Å². The zero-order chi connectivity index (χ0) is 24.2. The van der Waals surface area contributed by atoms with E-state index in [-0.39, 0.29) is 42.7 Å². The molecule has 3 heterocycles. The number of aromatic nitrogens is 3. The first-order valence-electron chi connectivity index (χ1n) is 11.0. The van der Waals surface area contributed by atoms with Crippen LogP contribution in [-0.2, 0) is 17.1 Å². The third-order valence-corrected chi connectivity index (χ3v) is 8.30. The largest absolute Gasteiger partial charge is 0.336 e. The molecule has 5 rings (SSSR count). The highest BCUT2D eigenvalue weighted by Crippen LogP contribution is 2.40. The molecule has 34 heavy (non-hydrogen) atoms. The molecule has 2 fully saturated rings. The summed E-state index contributed by atoms with van der Waals surface area (Å²) in [6.07, 6.45) is 2.11. The van der Waals surface area contributed by atoms with Crippen molar-refractivity contribution in [1.29, 1.82) is 0 Å². The third-order valence-electron chi connectivity index (χ3n) is 6.41. The lowest BCUT2D eigenvalue weighted by atomic mass is 10.1. The minimum absolute atomic E-state index is 0.104. The number of amides is 1. The van der Waals surface area contributed by atoms with Gasteiger partial charge in [-0.05, 0) is 31.9 Å². The van der Waals surface area contributed by atoms with Crippen molar-refractivity contribution in [1.82, 2.24) is 24.0 Å². The van der Waals surface area contributed by atoms with Crippen molar-refractivity contribution in [2.24, 2.45) is 7.05 Å². The molecule has 1 aromatic carbocycles. The van der Waals surface area contributed by atoms with Crippen molar-refractivity contribution in [3.63, 3.8) is 0 Å². The summed E-state index contributed by atoms with van der Waals surface area (Å²) in [5.41, 5.74) is 2.56. The maximum atomic E-state index is 13.5. The molecule has 0 spiro atoms. The molecule has 0 unspecified atom stereocenters. The molecule has 11 nitrogen and oxygen atoms in total. The highest BCUT2D eigenvalue weighted by atomic mass is 32.2. The standard InChI is InChI=1S/C22H24N6O5S/c1-14-20-18(13-19(15-6-7-15)23-21(20)25(2)24-14)22(29)26-8-10-27(11-9-26)34(32,33)17-5-3-4-16(12-17)28(30)31/h3-5,12-13,15H,6-11H2,1-2H3. The first-order chi connectivity index (χ1) is 16.2. The molecule has 1 aliphatic heterocycles. The van der Waals surface area contributed by atoms with E-state index in [0.29, 0.717) is 17.1 Å². The second-order valence-electron chi connectivity index (χ2n) is 8.73. The Kier molecular flexibility index (Phi) is 5.36. The Balaban J connectivity index is 1.38. The van der Waals surface area contributed by atoms with Crippen LogP contribution in [0.4, 0.5) is 5.69 Å². The number of hydrogen-bond acceptors (Lipinski definition) is 7. The second kappa shape index (κ2) is 8.13. The van der Waals surface area contributed by atoms with Crippen LogP contribution >= 0.6 is 0 Å². The Morgan fingerprint density at radius 1 is 1.15 bits per heavy atom. The molecular weight excluding hydrogens is 460 g/mol. The number of rotatable bonds is 5. The fraction of sp³-hybridized carbons (Fsp3) is 0.409. The molecule has 0 bridgehead atoms. The first kappa shape index (κ1) is 22.4. The molecule has 0 N–H and O–H groups in total. The van der Waals surface area contributed by atoms with Gasteiger partial charge in [-0.3, -0.25) is 19.6 Å². The lowest BCUT2D eigenvalue weighted by Crippen LogP contribution is -2.50. The Morgan fingerprint density at radius 2 is 1.85 bits per heavy atom. The number of aryl methyl sites for hydroxylation is 2. The Morgan fingerprint density at radius 3 is 2.50 bits per heavy atom. The van der Waals surface area contributed by atoms with Crippen LogP contribution in [0, 0.1) is 17.0 Å². The number of piperazine rings is 1. The fourth-order valence-electron chi connectivity index (χ4n) is 4.43. The zero-order valence-electron chi connectivity index (χ0n) is 18.8. The zero-order valence-corrected chi connectivity index (χ0v) is 19.7. The lowest BCUT2D eigenvalue weighted by molar-refractivity contribution is -0.385. The van der Waals surface area contributed by atoms with Gasteiger partial charge in [0.1, 0.15) is 0 Å². The number of fused-ring (bicyclic) bond motifs is 1. The van der Waals surface area contributed by atoms with E-state index in [1.165, 1.54) is 22.5 Å². The van der Waals surface area contributed by atoms with Crippen molar-refractivity contribution in [2.75, 3.05) is 26.2 Å². The number of hydrogen-bond donors (Lipinski definition) is 0. The van der Waals surface area contributed by atoms with E-state index < -0.39 is 14.9 Å². The Hall–Kier alpha value is -3.38. The summed E-state index contributed by atoms with van der Waals surface area (Å²) in [4.78, 5) is 30.2. The summed E-state index contributed by atoms with van der Waals surface area (Å²) in [5.74, 6) is 0.195. The average Bonchev–Trinajstić information content (AvgIpc) is 3.64. The average molecular weight is 485 g/mol. The fourth-order valence-corrected chi connectivity index (χ4v) is 5.89. The van der Waals surface area contributed by atoms with Gasteiger partial charge in [-0.15, -0.1) is 0 Å². The molecule has 1 saturated carbocycles. The summed E-state index contributed by atoms with van der Waals surface area (Å²) in [7, 11) is -2.10. The van der Waals surface area contributed by atoms with Crippen LogP contribution in [0.5, 0.6) is 0 Å². The number of nitro benzene ring substituents is 1. The van der Waals surface area contributed by atoms with Gasteiger partial charge >= 0.3 is 0 Å². The molecule has 2 aromatic heterocycles. The van der Waals surface area contributed by atoms with Gasteiger partial charge in [-0.25, -0.2) is 13.4 Å². The van der Waals surface area contributed by atoms with Crippen LogP contribution in [0.2, 0.25) is 0 Å². The highest BCUT2D eigenvalue weighted by molar-refractivity contribution is 7.89. The molecule has 178 valence electrons. The number of non-ortho nitro benzene ring substituents is 1. The Bertz CT molecular complexity index is 1420. The second-order valence-corrected chi connectivity index (χ2v) is 10.7. The number of nitro groups is 1. The molecule has 0 radical (unpaired) electrons. The van der Waals surface area contributed by atoms with Crippen LogP contribution in [0.25, 0.3) is 11.0 Å². The van der Waals surface area contributed by atoms with Crippen LogP contribution in [-0.4, -0.2) is 69.4 Å². The van der Waals surface area contributed by atoms with E-state index in [9.17, 15) is 23.3 Å². The van der Waals surface area contributed by atoms with Crippen LogP contribution in [0.1, 0.15) is 40.5 Å². The van der Waals surface area contributed by atoms with Crippen molar-refractivity contribution < 1.29 is 18.1 Å². The minimum atomic E-state index is -3.91. The summed E-state index contributed by atoms with van der Waals surface area (Å²) in [5, 5.41) is 16.2. The highest BCUT2D eigenvalue weighted by Gasteiger charge is 2.33. The number of benzene rings is 1. The quantitative estimate of drug-likeness (QED) is 0.401. The normalized spacial score (nSPS) is 17.3. The third kappa shape index (κ3) is 3.82. The summed E-state index contributed by atoms with van der Waals surface area (Å²) < 4.78 is 29.0. The minimum Gasteiger partial charge on any atom is -0.336 e. The molecule has 1 saturated heterocycles. The van der Waals surface area contributed by atoms with Crippen molar-refractivity contribution in [3.8, 4) is 0 Å². The number of carbonyl (C=O) groups is 1. The molecule has 2 aliphatic rings. The molecule has 12 heteroatoms. The summed E-state index contributed by atoms with van der Waals surface area (Å²) in [6.45, 7) is 2.49. The lowest BCUT2D eigenvalue weighted by Gasteiger charge is -2.34. The topological polar surface area (TPSA) is 132 Å². The van der Waals surface area contributed by atoms with Crippen LogP contribution in [0.3, 0.4) is 0 Å². The van der Waals surface area contributed by atoms with Crippen molar-refractivity contribution in [2.45, 2.75) is 30.6 Å². The Labute approximate surface area is 196 Å². The number of sulfonamides is 1. The SMILES string of the molecule is Cc1nn(C)c2nc(C3CC3)cc(C(=O)N3CCN(S(=O)(=O)c4cccc([N+](=O)[O-])c4)CC3)c12. The van der Waals surface area contributed by atoms with Crippen molar-refractivity contribution >= 4 is 32.7 Å². The summed E-state index contributed by atoms with van der Waals surface area (Å²) >= 11 is 0. The molecule has 1 aliphatic carbocycles. The van der Waals surface area contributed by atoms with E-state index in [1.807, 2.05) is 20.0 Å². The van der Waals surface area contributed by atoms with E-state index in [2.05, 4.69) is 5.10 Å². The maximum absolute atomic E-state index is 13.5. The predicted octanol–water partition coefficient (Wildman–Crippen LogP) is 2.21. The first-order valence-corrected chi connectivity index (χ1v) is 12.5.